The zero-order valence-corrected chi connectivity index (χ0v) is 17.2. The molecule has 2 aliphatic carbocycles. The van der Waals surface area contributed by atoms with Gasteiger partial charge in [-0.05, 0) is 85.8 Å². The van der Waals surface area contributed by atoms with E-state index in [1.165, 1.54) is 82.6 Å². The first-order valence-corrected chi connectivity index (χ1v) is 11.5. The fourth-order valence-corrected chi connectivity index (χ4v) is 5.70. The molecule has 2 fully saturated rings. The normalized spacial score (nSPS) is 29.6. The van der Waals surface area contributed by atoms with Gasteiger partial charge in [0.05, 0.1) is 0 Å². The van der Waals surface area contributed by atoms with Crippen molar-refractivity contribution in [1.29, 1.82) is 0 Å². The van der Waals surface area contributed by atoms with E-state index in [-0.39, 0.29) is 0 Å². The van der Waals surface area contributed by atoms with Gasteiger partial charge in [0, 0.05) is 0 Å². The molecule has 0 spiro atoms. The average molecular weight is 357 g/mol. The number of rotatable bonds is 7. The standard InChI is InChI=1S/C25H40O/c1-3-5-6-7-19-8-10-21(11-9-19)22-12-14-23(15-13-22)24-16-17-25(26)20(4-2)18-24/h16-19,21-23,26H,3-15H2,1-2H3. The number of phenolic OH excluding ortho intramolecular Hbond substituents is 1. The first-order valence-electron chi connectivity index (χ1n) is 11.5. The van der Waals surface area contributed by atoms with E-state index in [4.69, 9.17) is 0 Å². The molecule has 146 valence electrons. The van der Waals surface area contributed by atoms with E-state index >= 15 is 0 Å². The molecule has 1 aromatic carbocycles. The van der Waals surface area contributed by atoms with Crippen LogP contribution in [-0.4, -0.2) is 5.11 Å². The summed E-state index contributed by atoms with van der Waals surface area (Å²) >= 11 is 0. The van der Waals surface area contributed by atoms with Crippen LogP contribution >= 0.6 is 0 Å². The Hall–Kier alpha value is -0.980. The topological polar surface area (TPSA) is 20.2 Å². The molecule has 0 aromatic heterocycles. The molecule has 3 rings (SSSR count). The first-order chi connectivity index (χ1) is 12.7. The molecular formula is C25H40O. The number of hydrogen-bond acceptors (Lipinski definition) is 1. The van der Waals surface area contributed by atoms with E-state index in [0.29, 0.717) is 5.75 Å². The monoisotopic (exact) mass is 356 g/mol. The summed E-state index contributed by atoms with van der Waals surface area (Å²) in [5.41, 5.74) is 2.59. The summed E-state index contributed by atoms with van der Waals surface area (Å²) < 4.78 is 0. The Morgan fingerprint density at radius 2 is 1.50 bits per heavy atom. The Morgan fingerprint density at radius 1 is 0.846 bits per heavy atom. The summed E-state index contributed by atoms with van der Waals surface area (Å²) in [6.07, 6.45) is 18.3. The van der Waals surface area contributed by atoms with E-state index in [0.717, 1.165) is 35.7 Å². The molecule has 0 atom stereocenters. The number of unbranched alkanes of at least 4 members (excludes halogenated alkanes) is 2. The maximum Gasteiger partial charge on any atom is 0.118 e. The minimum Gasteiger partial charge on any atom is -0.508 e. The predicted molar refractivity (Wildman–Crippen MR) is 112 cm³/mol. The molecule has 26 heavy (non-hydrogen) atoms. The molecule has 0 heterocycles. The second kappa shape index (κ2) is 9.81. The Balaban J connectivity index is 1.44. The Morgan fingerprint density at radius 3 is 2.12 bits per heavy atom. The van der Waals surface area contributed by atoms with E-state index in [2.05, 4.69) is 26.0 Å². The number of phenols is 1. The molecule has 0 amide bonds. The van der Waals surface area contributed by atoms with Crippen LogP contribution in [0.25, 0.3) is 0 Å². The predicted octanol–water partition coefficient (Wildman–Crippen LogP) is 7.62. The molecular weight excluding hydrogens is 316 g/mol. The maximum atomic E-state index is 9.93. The van der Waals surface area contributed by atoms with Crippen LogP contribution in [-0.2, 0) is 6.42 Å². The van der Waals surface area contributed by atoms with Crippen molar-refractivity contribution in [2.24, 2.45) is 17.8 Å². The lowest BCUT2D eigenvalue weighted by Crippen LogP contribution is -2.25. The van der Waals surface area contributed by atoms with Gasteiger partial charge in [0.25, 0.3) is 0 Å². The fraction of sp³-hybridized carbons (Fsp3) is 0.760. The van der Waals surface area contributed by atoms with Gasteiger partial charge in [-0.25, -0.2) is 0 Å². The minimum atomic E-state index is 0.473. The third kappa shape index (κ3) is 5.05. The van der Waals surface area contributed by atoms with E-state index in [1.807, 2.05) is 6.07 Å². The van der Waals surface area contributed by atoms with Crippen molar-refractivity contribution in [3.8, 4) is 5.75 Å². The van der Waals surface area contributed by atoms with Crippen molar-refractivity contribution in [3.05, 3.63) is 29.3 Å². The summed E-state index contributed by atoms with van der Waals surface area (Å²) in [4.78, 5) is 0. The third-order valence-corrected chi connectivity index (χ3v) is 7.50. The van der Waals surface area contributed by atoms with E-state index < -0.39 is 0 Å². The van der Waals surface area contributed by atoms with Crippen molar-refractivity contribution < 1.29 is 5.11 Å². The number of aromatic hydroxyl groups is 1. The lowest BCUT2D eigenvalue weighted by Gasteiger charge is -2.38. The number of aryl methyl sites for hydroxylation is 1. The molecule has 0 radical (unpaired) electrons. The van der Waals surface area contributed by atoms with Crippen molar-refractivity contribution in [2.45, 2.75) is 103 Å². The quantitative estimate of drug-likeness (QED) is 0.498. The van der Waals surface area contributed by atoms with Crippen molar-refractivity contribution in [3.63, 3.8) is 0 Å². The molecule has 0 aliphatic heterocycles. The SMILES string of the molecule is CCCCCC1CCC(C2CCC(c3ccc(O)c(CC)c3)CC2)CC1. The van der Waals surface area contributed by atoms with Gasteiger partial charge in [0.15, 0.2) is 0 Å². The van der Waals surface area contributed by atoms with Crippen LogP contribution in [0.2, 0.25) is 0 Å². The smallest absolute Gasteiger partial charge is 0.118 e. The van der Waals surface area contributed by atoms with Crippen molar-refractivity contribution in [2.75, 3.05) is 0 Å². The van der Waals surface area contributed by atoms with Gasteiger partial charge in [0.2, 0.25) is 0 Å². The largest absolute Gasteiger partial charge is 0.508 e. The number of benzene rings is 1. The van der Waals surface area contributed by atoms with Gasteiger partial charge in [-0.15, -0.1) is 0 Å². The van der Waals surface area contributed by atoms with Gasteiger partial charge >= 0.3 is 0 Å². The minimum absolute atomic E-state index is 0.473. The van der Waals surface area contributed by atoms with Crippen LogP contribution in [0.4, 0.5) is 0 Å². The maximum absolute atomic E-state index is 9.93. The van der Waals surface area contributed by atoms with Crippen LogP contribution in [0.1, 0.15) is 108 Å². The summed E-state index contributed by atoms with van der Waals surface area (Å²) in [6.45, 7) is 4.45. The zero-order chi connectivity index (χ0) is 18.4. The summed E-state index contributed by atoms with van der Waals surface area (Å²) in [5.74, 6) is 4.25. The molecule has 2 aliphatic rings. The molecule has 0 unspecified atom stereocenters. The Labute approximate surface area is 161 Å². The van der Waals surface area contributed by atoms with Gasteiger partial charge < -0.3 is 5.11 Å². The van der Waals surface area contributed by atoms with E-state index in [9.17, 15) is 5.11 Å². The van der Waals surface area contributed by atoms with Gasteiger partial charge in [-0.1, -0.05) is 64.5 Å². The van der Waals surface area contributed by atoms with E-state index in [1.54, 1.807) is 0 Å². The van der Waals surface area contributed by atoms with Crippen LogP contribution in [0, 0.1) is 17.8 Å². The highest BCUT2D eigenvalue weighted by molar-refractivity contribution is 5.37. The molecule has 1 heteroatoms. The summed E-state index contributed by atoms with van der Waals surface area (Å²) in [6, 6.07) is 6.35. The van der Waals surface area contributed by atoms with Crippen LogP contribution in [0.3, 0.4) is 0 Å². The highest BCUT2D eigenvalue weighted by Gasteiger charge is 2.31. The van der Waals surface area contributed by atoms with Crippen LogP contribution in [0.15, 0.2) is 18.2 Å². The van der Waals surface area contributed by atoms with Gasteiger partial charge in [0.1, 0.15) is 5.75 Å². The molecule has 2 saturated carbocycles. The molecule has 0 bridgehead atoms. The first kappa shape index (κ1) is 19.8. The lowest BCUT2D eigenvalue weighted by molar-refractivity contribution is 0.155. The molecule has 1 nitrogen and oxygen atoms in total. The van der Waals surface area contributed by atoms with Crippen molar-refractivity contribution >= 4 is 0 Å². The second-order valence-corrected chi connectivity index (χ2v) is 9.13. The summed E-state index contributed by atoms with van der Waals surface area (Å²) in [7, 11) is 0. The Bertz CT molecular complexity index is 533. The number of hydrogen-bond donors (Lipinski definition) is 1. The van der Waals surface area contributed by atoms with Crippen molar-refractivity contribution in [1.82, 2.24) is 0 Å². The highest BCUT2D eigenvalue weighted by Crippen LogP contribution is 2.44. The second-order valence-electron chi connectivity index (χ2n) is 9.13. The van der Waals surface area contributed by atoms with Gasteiger partial charge in [-0.2, -0.15) is 0 Å². The van der Waals surface area contributed by atoms with Crippen LogP contribution in [0.5, 0.6) is 5.75 Å². The van der Waals surface area contributed by atoms with Crippen LogP contribution < -0.4 is 0 Å². The highest BCUT2D eigenvalue weighted by atomic mass is 16.3. The Kier molecular flexibility index (Phi) is 7.46. The molecule has 0 saturated heterocycles. The lowest BCUT2D eigenvalue weighted by atomic mass is 9.68. The summed E-state index contributed by atoms with van der Waals surface area (Å²) in [5, 5.41) is 9.93. The van der Waals surface area contributed by atoms with Gasteiger partial charge in [-0.3, -0.25) is 0 Å². The molecule has 1 N–H and O–H groups in total. The third-order valence-electron chi connectivity index (χ3n) is 7.50. The zero-order valence-electron chi connectivity index (χ0n) is 17.2. The fourth-order valence-electron chi connectivity index (χ4n) is 5.70. The average Bonchev–Trinajstić information content (AvgIpc) is 2.69. The molecule has 1 aromatic rings.